The molecule has 154 valence electrons. The summed E-state index contributed by atoms with van der Waals surface area (Å²) in [5, 5.41) is 18.5. The van der Waals surface area contributed by atoms with E-state index in [4.69, 9.17) is 5.26 Å². The van der Waals surface area contributed by atoms with Gasteiger partial charge < -0.3 is 4.74 Å². The van der Waals surface area contributed by atoms with E-state index < -0.39 is 23.9 Å². The molecule has 3 rings (SSSR count). The first kappa shape index (κ1) is 20.9. The second-order valence-corrected chi connectivity index (χ2v) is 5.94. The highest BCUT2D eigenvalue weighted by molar-refractivity contribution is 5.75. The third-order valence-electron chi connectivity index (χ3n) is 3.80. The van der Waals surface area contributed by atoms with Crippen molar-refractivity contribution in [3.8, 4) is 23.1 Å². The zero-order chi connectivity index (χ0) is 21.9. The van der Waals surface area contributed by atoms with E-state index in [0.717, 1.165) is 24.3 Å². The summed E-state index contributed by atoms with van der Waals surface area (Å²) in [6.45, 7) is 0. The molecule has 0 aliphatic rings. The third-order valence-corrected chi connectivity index (χ3v) is 3.80. The summed E-state index contributed by atoms with van der Waals surface area (Å²) in [7, 11) is 0. The molecule has 0 bridgehead atoms. The highest BCUT2D eigenvalue weighted by atomic mass is 19.4. The van der Waals surface area contributed by atoms with Gasteiger partial charge in [-0.1, -0.05) is 29.5 Å². The maximum atomic E-state index is 12.7. The van der Waals surface area contributed by atoms with E-state index in [0.29, 0.717) is 5.56 Å². The number of nitriles is 1. The molecule has 1 aromatic heterocycles. The molecule has 0 amide bonds. The predicted molar refractivity (Wildman–Crippen MR) is 93.6 cm³/mol. The van der Waals surface area contributed by atoms with E-state index in [9.17, 15) is 26.3 Å². The Bertz CT molecular complexity index is 1110. The Kier molecular flexibility index (Phi) is 5.51. The molecule has 0 fully saturated rings. The summed E-state index contributed by atoms with van der Waals surface area (Å²) in [5.74, 6) is -0.557. The lowest BCUT2D eigenvalue weighted by Gasteiger charge is -2.11. The van der Waals surface area contributed by atoms with Gasteiger partial charge in [-0.25, -0.2) is 5.10 Å². The van der Waals surface area contributed by atoms with E-state index in [-0.39, 0.29) is 22.5 Å². The first-order valence-electron chi connectivity index (χ1n) is 8.13. The largest absolute Gasteiger partial charge is 0.573 e. The summed E-state index contributed by atoms with van der Waals surface area (Å²) >= 11 is 0. The average Bonchev–Trinajstić information content (AvgIpc) is 3.13. The molecule has 1 heterocycles. The highest BCUT2D eigenvalue weighted by Gasteiger charge is 2.31. The second-order valence-electron chi connectivity index (χ2n) is 5.94. The van der Waals surface area contributed by atoms with Gasteiger partial charge in [-0.2, -0.15) is 18.4 Å². The van der Waals surface area contributed by atoms with Crippen LogP contribution in [0.5, 0.6) is 5.75 Å². The minimum atomic E-state index is -4.95. The van der Waals surface area contributed by atoms with Crippen LogP contribution in [-0.2, 0) is 6.18 Å². The van der Waals surface area contributed by atoms with Crippen molar-refractivity contribution in [3.05, 3.63) is 64.8 Å². The molecule has 0 aliphatic heterocycles. The van der Waals surface area contributed by atoms with Gasteiger partial charge in [0.15, 0.2) is 5.69 Å². The van der Waals surface area contributed by atoms with E-state index in [2.05, 4.69) is 20.1 Å². The number of nitrogens with zero attached hydrogens (tertiary/aromatic N) is 3. The van der Waals surface area contributed by atoms with Gasteiger partial charge in [-0.3, -0.25) is 0 Å². The van der Waals surface area contributed by atoms with E-state index >= 15 is 0 Å². The van der Waals surface area contributed by atoms with Crippen LogP contribution in [0.3, 0.4) is 0 Å². The Hall–Kier alpha value is -3.81. The molecule has 30 heavy (non-hydrogen) atoms. The first-order valence-corrected chi connectivity index (χ1v) is 8.13. The molecule has 1 N–H and O–H groups in total. The Morgan fingerprint density at radius 3 is 2.20 bits per heavy atom. The molecule has 0 spiro atoms. The quantitative estimate of drug-likeness (QED) is 0.448. The number of ether oxygens (including phenoxy) is 1. The molecule has 5 nitrogen and oxygen atoms in total. The van der Waals surface area contributed by atoms with Crippen LogP contribution >= 0.6 is 0 Å². The molecule has 0 unspecified atom stereocenters. The van der Waals surface area contributed by atoms with Crippen molar-refractivity contribution in [3.63, 3.8) is 0 Å². The van der Waals surface area contributed by atoms with Gasteiger partial charge in [0.05, 0.1) is 5.56 Å². The molecular formula is C19H10F6N4O. The van der Waals surface area contributed by atoms with Crippen molar-refractivity contribution in [2.24, 2.45) is 0 Å². The molecule has 0 aliphatic carbocycles. The number of halogens is 6. The Balaban J connectivity index is 1.97. The molecule has 0 saturated carbocycles. The standard InChI is InChI=1S/C19H10F6N4O/c20-18(21,22)14-5-3-11(4-6-14)1-2-12-7-13(17-16(10-26)27-29-28-17)9-15(8-12)30-19(23,24)25/h1-9H,(H,27,28,29)/b2-1+. The molecule has 3 aromatic rings. The van der Waals surface area contributed by atoms with Crippen molar-refractivity contribution >= 4 is 12.2 Å². The number of rotatable bonds is 4. The van der Waals surface area contributed by atoms with Crippen molar-refractivity contribution in [2.75, 3.05) is 0 Å². The van der Waals surface area contributed by atoms with Crippen molar-refractivity contribution in [1.29, 1.82) is 5.26 Å². The van der Waals surface area contributed by atoms with Gasteiger partial charge in [0.25, 0.3) is 0 Å². The van der Waals surface area contributed by atoms with Crippen molar-refractivity contribution in [1.82, 2.24) is 15.4 Å². The number of hydrogen-bond acceptors (Lipinski definition) is 4. The molecule has 0 saturated heterocycles. The van der Waals surface area contributed by atoms with Gasteiger partial charge >= 0.3 is 12.5 Å². The van der Waals surface area contributed by atoms with Crippen LogP contribution in [-0.4, -0.2) is 21.8 Å². The fraction of sp³-hybridized carbons (Fsp3) is 0.105. The first-order chi connectivity index (χ1) is 14.0. The minimum absolute atomic E-state index is 0.0225. The monoisotopic (exact) mass is 424 g/mol. The third kappa shape index (κ3) is 5.16. The summed E-state index contributed by atoms with van der Waals surface area (Å²) < 4.78 is 79.8. The zero-order valence-corrected chi connectivity index (χ0v) is 14.7. The number of aromatic nitrogens is 3. The van der Waals surface area contributed by atoms with E-state index in [1.54, 1.807) is 6.07 Å². The SMILES string of the molecule is N#Cc1[nH]nnc1-c1cc(/C=C/c2ccc(C(F)(F)F)cc2)cc(OC(F)(F)F)c1. The van der Waals surface area contributed by atoms with Crippen LogP contribution in [0.25, 0.3) is 23.4 Å². The molecular weight excluding hydrogens is 414 g/mol. The number of alkyl halides is 6. The average molecular weight is 424 g/mol. The second kappa shape index (κ2) is 7.90. The van der Waals surface area contributed by atoms with Crippen molar-refractivity contribution in [2.45, 2.75) is 12.5 Å². The number of nitrogens with one attached hydrogen (secondary N) is 1. The van der Waals surface area contributed by atoms with Gasteiger partial charge in [-0.05, 0) is 41.5 Å². The van der Waals surface area contributed by atoms with Gasteiger partial charge in [0.2, 0.25) is 0 Å². The van der Waals surface area contributed by atoms with Gasteiger partial charge in [-0.15, -0.1) is 18.3 Å². The van der Waals surface area contributed by atoms with Crippen LogP contribution in [0.1, 0.15) is 22.4 Å². The maximum absolute atomic E-state index is 12.7. The number of aromatic amines is 1. The number of hydrogen-bond donors (Lipinski definition) is 1. The maximum Gasteiger partial charge on any atom is 0.573 e. The molecule has 2 aromatic carbocycles. The van der Waals surface area contributed by atoms with E-state index in [1.807, 2.05) is 0 Å². The predicted octanol–water partition coefficient (Wildman–Crippen LogP) is 5.43. The van der Waals surface area contributed by atoms with E-state index in [1.165, 1.54) is 30.4 Å². The molecule has 11 heteroatoms. The molecule has 0 atom stereocenters. The lowest BCUT2D eigenvalue weighted by molar-refractivity contribution is -0.274. The van der Waals surface area contributed by atoms with Crippen LogP contribution in [0.4, 0.5) is 26.3 Å². The number of benzene rings is 2. The Labute approximate surface area is 165 Å². The van der Waals surface area contributed by atoms with Gasteiger partial charge in [0, 0.05) is 5.56 Å². The normalized spacial score (nSPS) is 12.2. The fourth-order valence-corrected chi connectivity index (χ4v) is 2.53. The zero-order valence-electron chi connectivity index (χ0n) is 14.7. The highest BCUT2D eigenvalue weighted by Crippen LogP contribution is 2.31. The summed E-state index contributed by atoms with van der Waals surface area (Å²) in [4.78, 5) is 0. The topological polar surface area (TPSA) is 74.6 Å². The van der Waals surface area contributed by atoms with Crippen LogP contribution in [0.2, 0.25) is 0 Å². The number of H-pyrrole nitrogens is 1. The lowest BCUT2D eigenvalue weighted by Crippen LogP contribution is -2.17. The Morgan fingerprint density at radius 1 is 0.933 bits per heavy atom. The summed E-state index contributed by atoms with van der Waals surface area (Å²) in [6.07, 6.45) is -6.61. The van der Waals surface area contributed by atoms with Crippen LogP contribution in [0, 0.1) is 11.3 Å². The smallest absolute Gasteiger partial charge is 0.406 e. The van der Waals surface area contributed by atoms with Crippen LogP contribution < -0.4 is 4.74 Å². The fourth-order valence-electron chi connectivity index (χ4n) is 2.53. The Morgan fingerprint density at radius 2 is 1.60 bits per heavy atom. The van der Waals surface area contributed by atoms with Crippen molar-refractivity contribution < 1.29 is 31.1 Å². The summed E-state index contributed by atoms with van der Waals surface area (Å²) in [5.41, 5.74) is -0.0952. The minimum Gasteiger partial charge on any atom is -0.406 e. The molecule has 0 radical (unpaired) electrons. The summed E-state index contributed by atoms with van der Waals surface area (Å²) in [6, 6.07) is 9.58. The lowest BCUT2D eigenvalue weighted by atomic mass is 10.0. The van der Waals surface area contributed by atoms with Crippen LogP contribution in [0.15, 0.2) is 42.5 Å². The van der Waals surface area contributed by atoms with Gasteiger partial charge in [0.1, 0.15) is 17.5 Å².